The summed E-state index contributed by atoms with van der Waals surface area (Å²) in [5, 5.41) is 9.87. The highest BCUT2D eigenvalue weighted by atomic mass is 16.3. The Morgan fingerprint density at radius 3 is 2.73 bits per heavy atom. The largest absolute Gasteiger partial charge is 0.508 e. The van der Waals surface area contributed by atoms with Gasteiger partial charge in [0, 0.05) is 12.0 Å². The van der Waals surface area contributed by atoms with Crippen LogP contribution in [0.25, 0.3) is 0 Å². The average molecular weight is 303 g/mol. The van der Waals surface area contributed by atoms with E-state index in [0.29, 0.717) is 11.7 Å². The first-order chi connectivity index (χ1) is 10.6. The molecule has 0 aliphatic carbocycles. The minimum atomic E-state index is 0.234. The molecular formula is C20H33NO. The molecule has 1 N–H and O–H groups in total. The number of phenolic OH excluding ortho intramolecular Hbond substituents is 1. The average Bonchev–Trinajstić information content (AvgIpc) is 2.87. The van der Waals surface area contributed by atoms with Crippen LogP contribution >= 0.6 is 0 Å². The van der Waals surface area contributed by atoms with Gasteiger partial charge in [-0.2, -0.15) is 0 Å². The van der Waals surface area contributed by atoms with Crippen molar-refractivity contribution in [2.24, 2.45) is 5.92 Å². The number of phenols is 1. The van der Waals surface area contributed by atoms with Crippen LogP contribution in [0, 0.1) is 5.92 Å². The molecule has 0 bridgehead atoms. The smallest absolute Gasteiger partial charge is 0.115 e. The molecule has 1 aliphatic heterocycles. The van der Waals surface area contributed by atoms with Gasteiger partial charge in [-0.25, -0.2) is 0 Å². The maximum Gasteiger partial charge on any atom is 0.115 e. The van der Waals surface area contributed by atoms with E-state index in [2.05, 4.69) is 31.7 Å². The van der Waals surface area contributed by atoms with Crippen molar-refractivity contribution in [3.63, 3.8) is 0 Å². The van der Waals surface area contributed by atoms with Crippen LogP contribution in [0.15, 0.2) is 24.3 Å². The van der Waals surface area contributed by atoms with Crippen LogP contribution in [0.3, 0.4) is 0 Å². The fourth-order valence-corrected chi connectivity index (χ4v) is 4.05. The molecule has 1 saturated heterocycles. The molecule has 22 heavy (non-hydrogen) atoms. The molecule has 2 nitrogen and oxygen atoms in total. The van der Waals surface area contributed by atoms with Crippen molar-refractivity contribution in [2.75, 3.05) is 19.6 Å². The van der Waals surface area contributed by atoms with Gasteiger partial charge in [-0.3, -0.25) is 0 Å². The van der Waals surface area contributed by atoms with Crippen molar-refractivity contribution in [1.82, 2.24) is 4.90 Å². The molecule has 1 aromatic carbocycles. The molecule has 0 amide bonds. The molecule has 1 unspecified atom stereocenters. The third-order valence-corrected chi connectivity index (χ3v) is 5.02. The summed E-state index contributed by atoms with van der Waals surface area (Å²) >= 11 is 0. The number of aromatic hydroxyl groups is 1. The third-order valence-electron chi connectivity index (χ3n) is 5.02. The molecule has 0 saturated carbocycles. The van der Waals surface area contributed by atoms with Gasteiger partial charge in [-0.15, -0.1) is 0 Å². The van der Waals surface area contributed by atoms with Crippen LogP contribution in [0.5, 0.6) is 5.75 Å². The van der Waals surface area contributed by atoms with Crippen LogP contribution in [0.4, 0.5) is 0 Å². The van der Waals surface area contributed by atoms with E-state index in [4.69, 9.17) is 0 Å². The van der Waals surface area contributed by atoms with Crippen molar-refractivity contribution in [2.45, 2.75) is 64.7 Å². The lowest BCUT2D eigenvalue weighted by atomic mass is 9.73. The monoisotopic (exact) mass is 303 g/mol. The lowest BCUT2D eigenvalue weighted by Gasteiger charge is -2.32. The van der Waals surface area contributed by atoms with E-state index < -0.39 is 0 Å². The summed E-state index contributed by atoms with van der Waals surface area (Å²) in [5.41, 5.74) is 1.56. The SMILES string of the molecule is CCCCCCN1CCC(CC(C)C)(c2cccc(O)c2)C1. The predicted molar refractivity (Wildman–Crippen MR) is 94.4 cm³/mol. The molecule has 1 fully saturated rings. The molecule has 1 heterocycles. The highest BCUT2D eigenvalue weighted by Crippen LogP contribution is 2.41. The second-order valence-electron chi connectivity index (χ2n) is 7.52. The molecule has 0 aromatic heterocycles. The van der Waals surface area contributed by atoms with Crippen LogP contribution in [0.1, 0.15) is 64.9 Å². The van der Waals surface area contributed by atoms with E-state index in [0.717, 1.165) is 6.54 Å². The van der Waals surface area contributed by atoms with Gasteiger partial charge in [-0.05, 0) is 56.0 Å². The number of hydrogen-bond acceptors (Lipinski definition) is 2. The summed E-state index contributed by atoms with van der Waals surface area (Å²) in [5.74, 6) is 1.09. The van der Waals surface area contributed by atoms with E-state index in [1.165, 1.54) is 57.2 Å². The number of likely N-dealkylation sites (tertiary alicyclic amines) is 1. The first-order valence-corrected chi connectivity index (χ1v) is 9.07. The summed E-state index contributed by atoms with van der Waals surface area (Å²) < 4.78 is 0. The molecule has 1 atom stereocenters. The van der Waals surface area contributed by atoms with Gasteiger partial charge in [0.2, 0.25) is 0 Å². The Morgan fingerprint density at radius 2 is 2.05 bits per heavy atom. The van der Waals surface area contributed by atoms with Gasteiger partial charge >= 0.3 is 0 Å². The predicted octanol–water partition coefficient (Wildman–Crippen LogP) is 4.96. The van der Waals surface area contributed by atoms with Crippen LogP contribution in [0.2, 0.25) is 0 Å². The Balaban J connectivity index is 2.05. The van der Waals surface area contributed by atoms with Gasteiger partial charge in [0.05, 0.1) is 0 Å². The highest BCUT2D eigenvalue weighted by molar-refractivity contribution is 5.34. The minimum absolute atomic E-state index is 0.234. The Labute approximate surface area is 136 Å². The molecule has 1 aliphatic rings. The molecular weight excluding hydrogens is 270 g/mol. The van der Waals surface area contributed by atoms with E-state index in [1.54, 1.807) is 6.07 Å². The fourth-order valence-electron chi connectivity index (χ4n) is 4.05. The topological polar surface area (TPSA) is 23.5 Å². The zero-order chi connectivity index (χ0) is 16.0. The quantitative estimate of drug-likeness (QED) is 0.686. The number of benzene rings is 1. The van der Waals surface area contributed by atoms with E-state index in [1.807, 2.05) is 12.1 Å². The Bertz CT molecular complexity index is 457. The lowest BCUT2D eigenvalue weighted by molar-refractivity contribution is 0.281. The Kier molecular flexibility index (Phi) is 6.31. The third kappa shape index (κ3) is 4.49. The zero-order valence-corrected chi connectivity index (χ0v) is 14.6. The summed E-state index contributed by atoms with van der Waals surface area (Å²) in [6.45, 7) is 10.5. The molecule has 124 valence electrons. The van der Waals surface area contributed by atoms with E-state index >= 15 is 0 Å². The standard InChI is InChI=1S/C20H33NO/c1-4-5-6-7-12-21-13-11-20(16-21,15-17(2)3)18-9-8-10-19(22)14-18/h8-10,14,17,22H,4-7,11-13,15-16H2,1-3H3. The molecule has 0 radical (unpaired) electrons. The van der Waals surface area contributed by atoms with Crippen molar-refractivity contribution >= 4 is 0 Å². The Morgan fingerprint density at radius 1 is 1.23 bits per heavy atom. The first kappa shape index (κ1) is 17.3. The zero-order valence-electron chi connectivity index (χ0n) is 14.6. The number of rotatable bonds is 8. The highest BCUT2D eigenvalue weighted by Gasteiger charge is 2.39. The molecule has 0 spiro atoms. The summed E-state index contributed by atoms with van der Waals surface area (Å²) in [4.78, 5) is 2.64. The first-order valence-electron chi connectivity index (χ1n) is 9.07. The normalized spacial score (nSPS) is 22.5. The van der Waals surface area contributed by atoms with Crippen LogP contribution in [-0.2, 0) is 5.41 Å². The second kappa shape index (κ2) is 8.01. The maximum atomic E-state index is 9.87. The number of hydrogen-bond donors (Lipinski definition) is 1. The maximum absolute atomic E-state index is 9.87. The van der Waals surface area contributed by atoms with Gasteiger partial charge in [0.1, 0.15) is 5.75 Å². The van der Waals surface area contributed by atoms with Gasteiger partial charge in [0.25, 0.3) is 0 Å². The Hall–Kier alpha value is -1.02. The van der Waals surface area contributed by atoms with Crippen molar-refractivity contribution < 1.29 is 5.11 Å². The summed E-state index contributed by atoms with van der Waals surface area (Å²) in [6.07, 6.45) is 7.78. The fraction of sp³-hybridized carbons (Fsp3) is 0.700. The summed E-state index contributed by atoms with van der Waals surface area (Å²) in [7, 11) is 0. The molecule has 2 rings (SSSR count). The summed E-state index contributed by atoms with van der Waals surface area (Å²) in [6, 6.07) is 7.98. The van der Waals surface area contributed by atoms with Gasteiger partial charge in [0.15, 0.2) is 0 Å². The van der Waals surface area contributed by atoms with E-state index in [9.17, 15) is 5.11 Å². The van der Waals surface area contributed by atoms with Gasteiger partial charge < -0.3 is 10.0 Å². The van der Waals surface area contributed by atoms with Crippen molar-refractivity contribution in [3.8, 4) is 5.75 Å². The lowest BCUT2D eigenvalue weighted by Crippen LogP contribution is -2.33. The van der Waals surface area contributed by atoms with E-state index in [-0.39, 0.29) is 5.41 Å². The molecule has 2 heteroatoms. The number of unbranched alkanes of at least 4 members (excludes halogenated alkanes) is 3. The van der Waals surface area contributed by atoms with Crippen molar-refractivity contribution in [3.05, 3.63) is 29.8 Å². The molecule has 1 aromatic rings. The minimum Gasteiger partial charge on any atom is -0.508 e. The second-order valence-corrected chi connectivity index (χ2v) is 7.52. The number of nitrogens with zero attached hydrogens (tertiary/aromatic N) is 1. The van der Waals surface area contributed by atoms with Gasteiger partial charge in [-0.1, -0.05) is 52.2 Å². The van der Waals surface area contributed by atoms with Crippen LogP contribution in [-0.4, -0.2) is 29.6 Å². The van der Waals surface area contributed by atoms with Crippen molar-refractivity contribution in [1.29, 1.82) is 0 Å². The van der Waals surface area contributed by atoms with Crippen LogP contribution < -0.4 is 0 Å².